The largest absolute Gasteiger partial charge is 0.449 e. The van der Waals surface area contributed by atoms with Crippen LogP contribution in [0.25, 0.3) is 0 Å². The van der Waals surface area contributed by atoms with E-state index in [-0.39, 0.29) is 24.5 Å². The molecule has 190 valence electrons. The Morgan fingerprint density at radius 3 is 2.62 bits per heavy atom. The van der Waals surface area contributed by atoms with Crippen LogP contribution < -0.4 is 0 Å². The summed E-state index contributed by atoms with van der Waals surface area (Å²) in [6, 6.07) is -1.18. The summed E-state index contributed by atoms with van der Waals surface area (Å²) in [6.07, 6.45) is 2.76. The summed E-state index contributed by atoms with van der Waals surface area (Å²) in [4.78, 5) is 22.3. The van der Waals surface area contributed by atoms with Crippen molar-refractivity contribution in [2.75, 3.05) is 19.5 Å². The van der Waals surface area contributed by atoms with Crippen LogP contribution in [0.3, 0.4) is 0 Å². The van der Waals surface area contributed by atoms with Gasteiger partial charge in [-0.25, -0.2) is 36.4 Å². The Labute approximate surface area is 197 Å². The van der Waals surface area contributed by atoms with E-state index in [0.29, 0.717) is 18.2 Å². The maximum absolute atomic E-state index is 13.2. The third-order valence-electron chi connectivity index (χ3n) is 7.42. The predicted octanol–water partition coefficient (Wildman–Crippen LogP) is 3.11. The summed E-state index contributed by atoms with van der Waals surface area (Å²) in [5.74, 6) is 0.482. The second kappa shape index (κ2) is 9.60. The van der Waals surface area contributed by atoms with Crippen LogP contribution in [0.2, 0.25) is 0 Å². The van der Waals surface area contributed by atoms with Crippen molar-refractivity contribution in [3.8, 4) is 0 Å². The van der Waals surface area contributed by atoms with E-state index in [1.165, 1.54) is 17.3 Å². The van der Waals surface area contributed by atoms with Gasteiger partial charge in [-0.3, -0.25) is 4.90 Å². The summed E-state index contributed by atoms with van der Waals surface area (Å²) in [6.45, 7) is 1.30. The van der Waals surface area contributed by atoms with Crippen LogP contribution in [-0.2, 0) is 24.7 Å². The second-order valence-electron chi connectivity index (χ2n) is 9.73. The third-order valence-corrected chi connectivity index (χ3v) is 9.02. The van der Waals surface area contributed by atoms with Gasteiger partial charge in [-0.05, 0) is 44.9 Å². The highest BCUT2D eigenvalue weighted by atomic mass is 32.2. The van der Waals surface area contributed by atoms with Crippen molar-refractivity contribution in [3.05, 3.63) is 24.0 Å². The minimum Gasteiger partial charge on any atom is -0.449 e. The van der Waals surface area contributed by atoms with E-state index in [0.717, 1.165) is 25.5 Å². The monoisotopic (exact) mass is 505 g/mol. The molecule has 34 heavy (non-hydrogen) atoms. The fraction of sp³-hybridized carbons (Fsp3) is 0.773. The number of fused-ring (bicyclic) bond motifs is 1. The third kappa shape index (κ3) is 5.17. The van der Waals surface area contributed by atoms with Crippen molar-refractivity contribution < 1.29 is 35.9 Å². The van der Waals surface area contributed by atoms with Gasteiger partial charge in [0, 0.05) is 24.1 Å². The maximum Gasteiger partial charge on any atom is 0.410 e. The lowest BCUT2D eigenvalue weighted by Crippen LogP contribution is -2.47. The van der Waals surface area contributed by atoms with E-state index >= 15 is 0 Å². The first-order chi connectivity index (χ1) is 16.0. The van der Waals surface area contributed by atoms with Gasteiger partial charge in [0.25, 0.3) is 0 Å². The molecule has 0 bridgehead atoms. The summed E-state index contributed by atoms with van der Waals surface area (Å²) in [5, 5.41) is -0.818. The van der Waals surface area contributed by atoms with E-state index < -0.39 is 58.5 Å². The minimum absolute atomic E-state index is 0.0173. The molecule has 0 spiro atoms. The van der Waals surface area contributed by atoms with Crippen LogP contribution in [0.5, 0.6) is 0 Å². The quantitative estimate of drug-likeness (QED) is 0.535. The molecule has 0 radical (unpaired) electrons. The molecule has 1 aromatic rings. The second-order valence-corrected chi connectivity index (χ2v) is 12.0. The highest BCUT2D eigenvalue weighted by Crippen LogP contribution is 2.61. The number of aromatic nitrogens is 2. The molecule has 2 aliphatic carbocycles. The smallest absolute Gasteiger partial charge is 0.410 e. The van der Waals surface area contributed by atoms with Gasteiger partial charge in [-0.1, -0.05) is 0 Å². The number of hydrogen-bond donors (Lipinski definition) is 0. The van der Waals surface area contributed by atoms with Gasteiger partial charge < -0.3 is 9.47 Å². The highest BCUT2D eigenvalue weighted by Gasteiger charge is 2.60. The summed E-state index contributed by atoms with van der Waals surface area (Å²) < 4.78 is 74.0. The molecule has 3 fully saturated rings. The lowest BCUT2D eigenvalue weighted by atomic mass is 9.86. The van der Waals surface area contributed by atoms with Gasteiger partial charge >= 0.3 is 6.09 Å². The number of likely N-dealkylation sites (tertiary alicyclic amines) is 1. The number of carbonyl (C=O) groups excluding carboxylic acids is 1. The number of amides is 1. The van der Waals surface area contributed by atoms with E-state index in [1.54, 1.807) is 6.92 Å². The van der Waals surface area contributed by atoms with Crippen LogP contribution in [0.1, 0.15) is 51.3 Å². The maximum atomic E-state index is 13.2. The van der Waals surface area contributed by atoms with Crippen molar-refractivity contribution in [3.63, 3.8) is 0 Å². The zero-order chi connectivity index (χ0) is 24.7. The number of sulfone groups is 1. The Kier molecular flexibility index (Phi) is 7.10. The van der Waals surface area contributed by atoms with Gasteiger partial charge in [-0.15, -0.1) is 0 Å². The summed E-state index contributed by atoms with van der Waals surface area (Å²) >= 11 is 0. The molecule has 8 nitrogen and oxygen atoms in total. The number of nitrogens with zero attached hydrogens (tertiary/aromatic N) is 3. The first-order valence-corrected chi connectivity index (χ1v) is 13.5. The van der Waals surface area contributed by atoms with Gasteiger partial charge in [0.1, 0.15) is 5.82 Å². The Bertz CT molecular complexity index is 996. The minimum atomic E-state index is -3.49. The fourth-order valence-corrected chi connectivity index (χ4v) is 6.98. The number of hydrogen-bond acceptors (Lipinski definition) is 7. The summed E-state index contributed by atoms with van der Waals surface area (Å²) in [7, 11) is -3.49. The molecular weight excluding hydrogens is 475 g/mol. The normalized spacial score (nSPS) is 33.1. The molecule has 2 saturated carbocycles. The van der Waals surface area contributed by atoms with E-state index in [1.807, 2.05) is 0 Å². The average molecular weight is 506 g/mol. The molecule has 4 rings (SSSR count). The molecule has 2 heterocycles. The first-order valence-electron chi connectivity index (χ1n) is 11.5. The van der Waals surface area contributed by atoms with Crippen molar-refractivity contribution in [2.45, 2.75) is 80.7 Å². The van der Waals surface area contributed by atoms with Crippen LogP contribution in [0.4, 0.5) is 18.0 Å². The first kappa shape index (κ1) is 25.2. The summed E-state index contributed by atoms with van der Waals surface area (Å²) in [5.41, 5.74) is -0.148. The van der Waals surface area contributed by atoms with Crippen molar-refractivity contribution in [2.24, 2.45) is 5.92 Å². The Balaban J connectivity index is 1.38. The zero-order valence-corrected chi connectivity index (χ0v) is 20.0. The Hall–Kier alpha value is -1.95. The molecular formula is C22H30F3N3O5S. The van der Waals surface area contributed by atoms with Gasteiger partial charge in [0.2, 0.25) is 6.43 Å². The SMILES string of the molecule is C[C@@H]1C[C@H](S(C)(=O)=O)[C@@H](CO[C@H]2CC[C@@]3(c4ncc(F)cn4)C[C@H]3C2)N1C(=O)OCCC(F)F. The molecule has 0 aromatic carbocycles. The molecule has 0 unspecified atom stereocenters. The molecule has 0 N–H and O–H groups in total. The number of halogens is 3. The van der Waals surface area contributed by atoms with Gasteiger partial charge in [-0.2, -0.15) is 0 Å². The zero-order valence-electron chi connectivity index (χ0n) is 19.2. The molecule has 1 aliphatic heterocycles. The Morgan fingerprint density at radius 2 is 2.00 bits per heavy atom. The molecule has 1 saturated heterocycles. The van der Waals surface area contributed by atoms with Crippen LogP contribution in [-0.4, -0.2) is 78.7 Å². The molecule has 3 aliphatic rings. The average Bonchev–Trinajstić information content (AvgIpc) is 3.39. The predicted molar refractivity (Wildman–Crippen MR) is 116 cm³/mol. The van der Waals surface area contributed by atoms with Crippen molar-refractivity contribution in [1.29, 1.82) is 0 Å². The highest BCUT2D eigenvalue weighted by molar-refractivity contribution is 7.91. The number of rotatable bonds is 8. The fourth-order valence-electron chi connectivity index (χ4n) is 5.58. The molecule has 1 amide bonds. The van der Waals surface area contributed by atoms with Crippen LogP contribution >= 0.6 is 0 Å². The van der Waals surface area contributed by atoms with Gasteiger partial charge in [0.15, 0.2) is 15.7 Å². The molecule has 12 heteroatoms. The van der Waals surface area contributed by atoms with Crippen LogP contribution in [0.15, 0.2) is 12.4 Å². The number of ether oxygens (including phenoxy) is 2. The lowest BCUT2D eigenvalue weighted by Gasteiger charge is -2.32. The lowest BCUT2D eigenvalue weighted by molar-refractivity contribution is -0.0101. The number of alkyl halides is 2. The van der Waals surface area contributed by atoms with E-state index in [2.05, 4.69) is 9.97 Å². The van der Waals surface area contributed by atoms with E-state index in [9.17, 15) is 26.4 Å². The van der Waals surface area contributed by atoms with Gasteiger partial charge in [0.05, 0.1) is 43.0 Å². The van der Waals surface area contributed by atoms with E-state index in [4.69, 9.17) is 9.47 Å². The molecule has 1 aromatic heterocycles. The van der Waals surface area contributed by atoms with Crippen LogP contribution in [0, 0.1) is 11.7 Å². The topological polar surface area (TPSA) is 98.7 Å². The van der Waals surface area contributed by atoms with Crippen molar-refractivity contribution >= 4 is 15.9 Å². The molecule has 6 atom stereocenters. The Morgan fingerprint density at radius 1 is 1.29 bits per heavy atom. The van der Waals surface area contributed by atoms with Crippen molar-refractivity contribution in [1.82, 2.24) is 14.9 Å². The standard InChI is InChI=1S/C22H30F3N3O5S/c1-13-7-18(34(2,30)31)17(28(13)21(29)32-6-4-19(24)25)12-33-16-3-5-22(9-14(22)8-16)20-26-10-15(23)11-27-20/h10-11,13-14,16-19H,3-9,12H2,1-2H3/t13-,14-,16+,17-,18+,22-/m1/s1. The number of carbonyl (C=O) groups is 1.